The Labute approximate surface area is 106 Å². The first kappa shape index (κ1) is 14.7. The topological polar surface area (TPSA) is 52.6 Å². The zero-order valence-electron chi connectivity index (χ0n) is 10.00. The summed E-state index contributed by atoms with van der Waals surface area (Å²) in [6.45, 7) is 0. The Morgan fingerprint density at radius 2 is 1.58 bits per heavy atom. The summed E-state index contributed by atoms with van der Waals surface area (Å²) in [6, 6.07) is 0.965. The van der Waals surface area contributed by atoms with Crippen molar-refractivity contribution in [3.05, 3.63) is 40.7 Å². The highest BCUT2D eigenvalue weighted by Gasteiger charge is 2.21. The highest BCUT2D eigenvalue weighted by atomic mass is 19.2. The molecule has 0 heterocycles. The van der Waals surface area contributed by atoms with Crippen molar-refractivity contribution in [2.24, 2.45) is 0 Å². The zero-order valence-corrected chi connectivity index (χ0v) is 10.00. The molecule has 0 amide bonds. The van der Waals surface area contributed by atoms with Crippen LogP contribution in [-0.2, 0) is 19.1 Å². The third kappa shape index (κ3) is 3.34. The van der Waals surface area contributed by atoms with Gasteiger partial charge in [-0.1, -0.05) is 0 Å². The van der Waals surface area contributed by atoms with Crippen molar-refractivity contribution < 1.29 is 32.2 Å². The Morgan fingerprint density at radius 1 is 1.05 bits per heavy atom. The molecule has 0 bridgehead atoms. The second kappa shape index (κ2) is 6.03. The van der Waals surface area contributed by atoms with Crippen LogP contribution in [0.3, 0.4) is 0 Å². The minimum absolute atomic E-state index is 0.336. The second-order valence-corrected chi connectivity index (χ2v) is 3.33. The molecule has 0 N–H and O–H groups in total. The Balaban J connectivity index is 3.37. The van der Waals surface area contributed by atoms with Crippen LogP contribution in [0.1, 0.15) is 5.56 Å². The predicted octanol–water partition coefficient (Wildman–Crippen LogP) is 1.83. The number of carbonyl (C=O) groups excluding carboxylic acids is 2. The van der Waals surface area contributed by atoms with Gasteiger partial charge in [0.2, 0.25) is 0 Å². The lowest BCUT2D eigenvalue weighted by atomic mass is 10.1. The molecule has 7 heteroatoms. The summed E-state index contributed by atoms with van der Waals surface area (Å²) in [5.41, 5.74) is -1.29. The third-order valence-corrected chi connectivity index (χ3v) is 2.13. The monoisotopic (exact) mass is 274 g/mol. The number of esters is 2. The van der Waals surface area contributed by atoms with Gasteiger partial charge in [-0.2, -0.15) is 0 Å². The van der Waals surface area contributed by atoms with Gasteiger partial charge < -0.3 is 9.47 Å². The molecule has 19 heavy (non-hydrogen) atoms. The third-order valence-electron chi connectivity index (χ3n) is 2.13. The maximum Gasteiger partial charge on any atom is 0.345 e. The highest BCUT2D eigenvalue weighted by molar-refractivity contribution is 6.17. The molecule has 0 atom stereocenters. The van der Waals surface area contributed by atoms with Gasteiger partial charge >= 0.3 is 11.9 Å². The normalized spacial score (nSPS) is 9.74. The van der Waals surface area contributed by atoms with Gasteiger partial charge in [-0.25, -0.2) is 22.8 Å². The molecule has 1 rings (SSSR count). The van der Waals surface area contributed by atoms with Crippen LogP contribution in [0.2, 0.25) is 0 Å². The molecule has 0 aliphatic carbocycles. The maximum atomic E-state index is 13.4. The first-order valence-electron chi connectivity index (χ1n) is 4.93. The highest BCUT2D eigenvalue weighted by Crippen LogP contribution is 2.18. The summed E-state index contributed by atoms with van der Waals surface area (Å²) in [5, 5.41) is 0. The zero-order chi connectivity index (χ0) is 14.6. The van der Waals surface area contributed by atoms with Gasteiger partial charge in [-0.05, 0) is 12.1 Å². The molecule has 102 valence electrons. The Bertz CT molecular complexity index is 534. The lowest BCUT2D eigenvalue weighted by molar-refractivity contribution is -0.143. The average molecular weight is 274 g/mol. The lowest BCUT2D eigenvalue weighted by Crippen LogP contribution is -2.15. The van der Waals surface area contributed by atoms with Crippen LogP contribution in [0.5, 0.6) is 0 Å². The molecule has 0 fully saturated rings. The molecule has 4 nitrogen and oxygen atoms in total. The fraction of sp³-hybridized carbons (Fsp3) is 0.167. The van der Waals surface area contributed by atoms with Gasteiger partial charge in [0.1, 0.15) is 11.4 Å². The smallest absolute Gasteiger partial charge is 0.345 e. The van der Waals surface area contributed by atoms with Gasteiger partial charge in [0, 0.05) is 11.6 Å². The van der Waals surface area contributed by atoms with Crippen LogP contribution in [0.15, 0.2) is 17.7 Å². The molecule has 1 aromatic carbocycles. The first-order chi connectivity index (χ1) is 8.90. The quantitative estimate of drug-likeness (QED) is 0.277. The summed E-state index contributed by atoms with van der Waals surface area (Å²) in [6.07, 6.45) is 0.652. The van der Waals surface area contributed by atoms with E-state index in [-0.39, 0.29) is 0 Å². The molecule has 0 aromatic heterocycles. The van der Waals surface area contributed by atoms with Gasteiger partial charge in [-0.15, -0.1) is 0 Å². The van der Waals surface area contributed by atoms with E-state index >= 15 is 0 Å². The Morgan fingerprint density at radius 3 is 2.05 bits per heavy atom. The number of halogens is 3. The second-order valence-electron chi connectivity index (χ2n) is 3.33. The standard InChI is InChI=1S/C12H9F3O4/c1-18-11(16)8(12(17)19-2)4-6-3-7(13)5-9(14)10(6)15/h3-5H,1-2H3. The molecule has 0 aliphatic heterocycles. The fourth-order valence-electron chi connectivity index (χ4n) is 1.26. The number of rotatable bonds is 3. The number of benzene rings is 1. The van der Waals surface area contributed by atoms with Gasteiger partial charge in [-0.3, -0.25) is 0 Å². The van der Waals surface area contributed by atoms with Crippen LogP contribution in [0.4, 0.5) is 13.2 Å². The van der Waals surface area contributed by atoms with Crippen LogP contribution < -0.4 is 0 Å². The van der Waals surface area contributed by atoms with Crippen molar-refractivity contribution >= 4 is 18.0 Å². The summed E-state index contributed by atoms with van der Waals surface area (Å²) < 4.78 is 47.9. The summed E-state index contributed by atoms with van der Waals surface area (Å²) in [7, 11) is 1.98. The molecular formula is C12H9F3O4. The van der Waals surface area contributed by atoms with Crippen LogP contribution in [-0.4, -0.2) is 26.2 Å². The first-order valence-corrected chi connectivity index (χ1v) is 4.93. The van der Waals surface area contributed by atoms with Crippen molar-refractivity contribution in [2.75, 3.05) is 14.2 Å². The number of hydrogen-bond donors (Lipinski definition) is 0. The number of hydrogen-bond acceptors (Lipinski definition) is 4. The van der Waals surface area contributed by atoms with Crippen LogP contribution in [0.25, 0.3) is 6.08 Å². The molecule has 0 saturated carbocycles. The van der Waals surface area contributed by atoms with E-state index < -0.39 is 40.5 Å². The van der Waals surface area contributed by atoms with E-state index in [0.717, 1.165) is 14.2 Å². The van der Waals surface area contributed by atoms with Crippen LogP contribution >= 0.6 is 0 Å². The van der Waals surface area contributed by atoms with Gasteiger partial charge in [0.15, 0.2) is 11.6 Å². The lowest BCUT2D eigenvalue weighted by Gasteiger charge is -2.04. The molecule has 0 aliphatic rings. The minimum Gasteiger partial charge on any atom is -0.465 e. The van der Waals surface area contributed by atoms with Gasteiger partial charge in [0.05, 0.1) is 14.2 Å². The fourth-order valence-corrected chi connectivity index (χ4v) is 1.26. The van der Waals surface area contributed by atoms with Crippen molar-refractivity contribution in [2.45, 2.75) is 0 Å². The van der Waals surface area contributed by atoms with E-state index in [0.29, 0.717) is 18.2 Å². The Kier molecular flexibility index (Phi) is 4.68. The van der Waals surface area contributed by atoms with E-state index in [1.165, 1.54) is 0 Å². The summed E-state index contributed by atoms with van der Waals surface area (Å²) in [4.78, 5) is 22.6. The van der Waals surface area contributed by atoms with E-state index in [2.05, 4.69) is 9.47 Å². The molecular weight excluding hydrogens is 265 g/mol. The molecule has 0 unspecified atom stereocenters. The van der Waals surface area contributed by atoms with Crippen LogP contribution in [0, 0.1) is 17.5 Å². The van der Waals surface area contributed by atoms with Crippen molar-refractivity contribution in [1.29, 1.82) is 0 Å². The predicted molar refractivity (Wildman–Crippen MR) is 58.3 cm³/mol. The molecule has 0 radical (unpaired) electrons. The number of ether oxygens (including phenoxy) is 2. The minimum atomic E-state index is -1.44. The summed E-state index contributed by atoms with van der Waals surface area (Å²) in [5.74, 6) is -6.13. The van der Waals surface area contributed by atoms with E-state index in [1.54, 1.807) is 0 Å². The van der Waals surface area contributed by atoms with Crippen molar-refractivity contribution in [1.82, 2.24) is 0 Å². The van der Waals surface area contributed by atoms with Crippen molar-refractivity contribution in [3.8, 4) is 0 Å². The van der Waals surface area contributed by atoms with Crippen molar-refractivity contribution in [3.63, 3.8) is 0 Å². The Hall–Kier alpha value is -2.31. The van der Waals surface area contributed by atoms with E-state index in [9.17, 15) is 22.8 Å². The number of carbonyl (C=O) groups is 2. The SMILES string of the molecule is COC(=O)C(=Cc1cc(F)cc(F)c1F)C(=O)OC. The number of methoxy groups -OCH3 is 2. The van der Waals surface area contributed by atoms with E-state index in [1.807, 2.05) is 0 Å². The largest absolute Gasteiger partial charge is 0.465 e. The molecule has 0 spiro atoms. The summed E-state index contributed by atoms with van der Waals surface area (Å²) >= 11 is 0. The molecule has 1 aromatic rings. The maximum absolute atomic E-state index is 13.4. The average Bonchev–Trinajstić information content (AvgIpc) is 2.39. The molecule has 0 saturated heterocycles. The van der Waals surface area contributed by atoms with Gasteiger partial charge in [0.25, 0.3) is 0 Å². The van der Waals surface area contributed by atoms with E-state index in [4.69, 9.17) is 0 Å².